The second-order valence-corrected chi connectivity index (χ2v) is 4.62. The molecule has 1 aromatic carbocycles. The summed E-state index contributed by atoms with van der Waals surface area (Å²) in [6.07, 6.45) is 2.41. The highest BCUT2D eigenvalue weighted by atomic mass is 16.5. The molecule has 0 spiro atoms. The summed E-state index contributed by atoms with van der Waals surface area (Å²) in [5, 5.41) is 2.99. The van der Waals surface area contributed by atoms with Gasteiger partial charge in [0.25, 0.3) is 5.91 Å². The topological polar surface area (TPSA) is 38.3 Å². The number of carbonyl (C=O) groups is 1. The van der Waals surface area contributed by atoms with Crippen molar-refractivity contribution < 1.29 is 9.53 Å². The third kappa shape index (κ3) is 2.78. The normalized spacial score (nSPS) is 19.3. The molecule has 1 aliphatic rings. The first kappa shape index (κ1) is 12.0. The molecule has 3 nitrogen and oxygen atoms in total. The minimum Gasteiger partial charge on any atom is -0.480 e. The monoisotopic (exact) mass is 233 g/mol. The Morgan fingerprint density at radius 1 is 1.53 bits per heavy atom. The van der Waals surface area contributed by atoms with E-state index in [9.17, 15) is 4.79 Å². The van der Waals surface area contributed by atoms with Gasteiger partial charge in [-0.2, -0.15) is 0 Å². The number of para-hydroxylation sites is 1. The van der Waals surface area contributed by atoms with Crippen molar-refractivity contribution in [2.24, 2.45) is 0 Å². The molecule has 3 heteroatoms. The first-order chi connectivity index (χ1) is 8.20. The summed E-state index contributed by atoms with van der Waals surface area (Å²) < 4.78 is 5.64. The highest BCUT2D eigenvalue weighted by Gasteiger charge is 2.29. The summed E-state index contributed by atoms with van der Waals surface area (Å²) in [4.78, 5) is 12.0. The molecule has 0 aromatic heterocycles. The molecule has 17 heavy (non-hydrogen) atoms. The minimum atomic E-state index is -0.355. The fraction of sp³-hybridized carbons (Fsp3) is 0.500. The van der Waals surface area contributed by atoms with Gasteiger partial charge in [-0.25, -0.2) is 0 Å². The van der Waals surface area contributed by atoms with Gasteiger partial charge < -0.3 is 10.1 Å². The lowest BCUT2D eigenvalue weighted by molar-refractivity contribution is -0.127. The Labute approximate surface area is 102 Å². The SMILES string of the molecule is CCC[C@@H](C)NC(=O)[C@H]1Cc2ccccc2O1. The number of amides is 1. The van der Waals surface area contributed by atoms with Gasteiger partial charge in [0.05, 0.1) is 0 Å². The third-order valence-electron chi connectivity index (χ3n) is 3.05. The van der Waals surface area contributed by atoms with Crippen LogP contribution in [0.5, 0.6) is 5.75 Å². The zero-order chi connectivity index (χ0) is 12.3. The molecule has 1 amide bonds. The summed E-state index contributed by atoms with van der Waals surface area (Å²) in [5.74, 6) is 0.845. The van der Waals surface area contributed by atoms with Gasteiger partial charge in [-0.15, -0.1) is 0 Å². The Balaban J connectivity index is 1.92. The molecule has 0 fully saturated rings. The Hall–Kier alpha value is -1.51. The maximum absolute atomic E-state index is 12.0. The number of ether oxygens (including phenoxy) is 1. The quantitative estimate of drug-likeness (QED) is 0.866. The van der Waals surface area contributed by atoms with Crippen LogP contribution in [0.2, 0.25) is 0 Å². The number of nitrogens with one attached hydrogen (secondary N) is 1. The zero-order valence-electron chi connectivity index (χ0n) is 10.4. The maximum Gasteiger partial charge on any atom is 0.261 e. The van der Waals surface area contributed by atoms with Crippen molar-refractivity contribution in [2.45, 2.75) is 45.3 Å². The van der Waals surface area contributed by atoms with Crippen LogP contribution >= 0.6 is 0 Å². The van der Waals surface area contributed by atoms with Gasteiger partial charge in [0.1, 0.15) is 5.75 Å². The minimum absolute atomic E-state index is 0.00199. The molecule has 1 N–H and O–H groups in total. The number of benzene rings is 1. The lowest BCUT2D eigenvalue weighted by Crippen LogP contribution is -2.42. The van der Waals surface area contributed by atoms with Crippen LogP contribution in [-0.4, -0.2) is 18.1 Å². The van der Waals surface area contributed by atoms with Crippen molar-refractivity contribution in [1.29, 1.82) is 0 Å². The van der Waals surface area contributed by atoms with E-state index in [0.29, 0.717) is 6.42 Å². The summed E-state index contributed by atoms with van der Waals surface area (Å²) in [7, 11) is 0. The number of hydrogen-bond donors (Lipinski definition) is 1. The van der Waals surface area contributed by atoms with Gasteiger partial charge in [0, 0.05) is 12.5 Å². The fourth-order valence-electron chi connectivity index (χ4n) is 2.17. The molecule has 1 heterocycles. The van der Waals surface area contributed by atoms with Crippen LogP contribution in [0.25, 0.3) is 0 Å². The van der Waals surface area contributed by atoms with E-state index in [4.69, 9.17) is 4.74 Å². The Morgan fingerprint density at radius 2 is 2.29 bits per heavy atom. The summed E-state index contributed by atoms with van der Waals surface area (Å²) >= 11 is 0. The summed E-state index contributed by atoms with van der Waals surface area (Å²) in [6.45, 7) is 4.15. The molecule has 2 atom stereocenters. The van der Waals surface area contributed by atoms with Crippen LogP contribution in [0.4, 0.5) is 0 Å². The second kappa shape index (κ2) is 5.21. The van der Waals surface area contributed by atoms with E-state index in [1.165, 1.54) is 0 Å². The molecule has 0 saturated heterocycles. The van der Waals surface area contributed by atoms with Crippen LogP contribution in [0.3, 0.4) is 0 Å². The van der Waals surface area contributed by atoms with Crippen LogP contribution in [-0.2, 0) is 11.2 Å². The molecule has 92 valence electrons. The van der Waals surface area contributed by atoms with Crippen LogP contribution in [0, 0.1) is 0 Å². The average Bonchev–Trinajstić information content (AvgIpc) is 2.72. The molecule has 0 aliphatic carbocycles. The number of rotatable bonds is 4. The molecule has 0 bridgehead atoms. The highest BCUT2D eigenvalue weighted by Crippen LogP contribution is 2.28. The predicted octanol–water partition coefficient (Wildman–Crippen LogP) is 2.29. The van der Waals surface area contributed by atoms with E-state index in [-0.39, 0.29) is 18.1 Å². The second-order valence-electron chi connectivity index (χ2n) is 4.62. The lowest BCUT2D eigenvalue weighted by atomic mass is 10.1. The Morgan fingerprint density at radius 3 is 3.00 bits per heavy atom. The Kier molecular flexibility index (Phi) is 3.67. The third-order valence-corrected chi connectivity index (χ3v) is 3.05. The smallest absolute Gasteiger partial charge is 0.261 e. The van der Waals surface area contributed by atoms with Crippen LogP contribution < -0.4 is 10.1 Å². The number of carbonyl (C=O) groups excluding carboxylic acids is 1. The van der Waals surface area contributed by atoms with Crippen molar-refractivity contribution >= 4 is 5.91 Å². The first-order valence-corrected chi connectivity index (χ1v) is 6.25. The molecular formula is C14H19NO2. The van der Waals surface area contributed by atoms with E-state index in [0.717, 1.165) is 24.2 Å². The molecule has 1 aromatic rings. The molecule has 0 saturated carbocycles. The van der Waals surface area contributed by atoms with E-state index >= 15 is 0 Å². The van der Waals surface area contributed by atoms with Crippen molar-refractivity contribution in [3.63, 3.8) is 0 Å². The van der Waals surface area contributed by atoms with E-state index in [1.54, 1.807) is 0 Å². The predicted molar refractivity (Wildman–Crippen MR) is 67.1 cm³/mol. The largest absolute Gasteiger partial charge is 0.480 e. The van der Waals surface area contributed by atoms with Gasteiger partial charge >= 0.3 is 0 Å². The molecule has 0 unspecified atom stereocenters. The molecular weight excluding hydrogens is 214 g/mol. The number of hydrogen-bond acceptors (Lipinski definition) is 2. The van der Waals surface area contributed by atoms with Gasteiger partial charge in [-0.05, 0) is 25.0 Å². The van der Waals surface area contributed by atoms with Gasteiger partial charge in [0.15, 0.2) is 6.10 Å². The van der Waals surface area contributed by atoms with Gasteiger partial charge in [-0.1, -0.05) is 31.5 Å². The van der Waals surface area contributed by atoms with E-state index in [2.05, 4.69) is 12.2 Å². The molecule has 1 aliphatic heterocycles. The van der Waals surface area contributed by atoms with E-state index < -0.39 is 0 Å². The summed E-state index contributed by atoms with van der Waals surface area (Å²) in [5.41, 5.74) is 1.12. The van der Waals surface area contributed by atoms with Crippen molar-refractivity contribution in [3.8, 4) is 5.75 Å². The first-order valence-electron chi connectivity index (χ1n) is 6.25. The van der Waals surface area contributed by atoms with E-state index in [1.807, 2.05) is 31.2 Å². The van der Waals surface area contributed by atoms with Gasteiger partial charge in [-0.3, -0.25) is 4.79 Å². The van der Waals surface area contributed by atoms with Crippen molar-refractivity contribution in [2.75, 3.05) is 0 Å². The summed E-state index contributed by atoms with van der Waals surface area (Å²) in [6, 6.07) is 8.05. The average molecular weight is 233 g/mol. The van der Waals surface area contributed by atoms with Crippen molar-refractivity contribution in [1.82, 2.24) is 5.32 Å². The highest BCUT2D eigenvalue weighted by molar-refractivity contribution is 5.82. The van der Waals surface area contributed by atoms with Crippen LogP contribution in [0.15, 0.2) is 24.3 Å². The fourth-order valence-corrected chi connectivity index (χ4v) is 2.17. The Bertz CT molecular complexity index is 378. The van der Waals surface area contributed by atoms with Crippen molar-refractivity contribution in [3.05, 3.63) is 29.8 Å². The van der Waals surface area contributed by atoms with Gasteiger partial charge in [0.2, 0.25) is 0 Å². The van der Waals surface area contributed by atoms with Crippen LogP contribution in [0.1, 0.15) is 32.3 Å². The number of fused-ring (bicyclic) bond motifs is 1. The molecule has 0 radical (unpaired) electrons. The zero-order valence-corrected chi connectivity index (χ0v) is 10.4. The molecule has 2 rings (SSSR count). The standard InChI is InChI=1S/C14H19NO2/c1-3-6-10(2)15-14(16)13-9-11-7-4-5-8-12(11)17-13/h4-5,7-8,10,13H,3,6,9H2,1-2H3,(H,15,16)/t10-,13-/m1/s1. The lowest BCUT2D eigenvalue weighted by Gasteiger charge is -2.16. The maximum atomic E-state index is 12.0.